The number of fused-ring (bicyclic) bond motifs is 1. The molecule has 0 radical (unpaired) electrons. The van der Waals surface area contributed by atoms with Crippen molar-refractivity contribution in [2.45, 2.75) is 6.92 Å². The fraction of sp³-hybridized carbons (Fsp3) is 0.438. The third-order valence-electron chi connectivity index (χ3n) is 3.75. The van der Waals surface area contributed by atoms with E-state index in [9.17, 15) is 4.39 Å². The number of aryl methyl sites for hydroxylation is 1. The molecule has 21 heavy (non-hydrogen) atoms. The minimum absolute atomic E-state index is 0.232. The van der Waals surface area contributed by atoms with E-state index in [4.69, 9.17) is 4.74 Å². The van der Waals surface area contributed by atoms with Crippen LogP contribution in [0.5, 0.6) is 0 Å². The van der Waals surface area contributed by atoms with Crippen molar-refractivity contribution < 1.29 is 9.13 Å². The molecule has 3 rings (SSSR count). The van der Waals surface area contributed by atoms with Gasteiger partial charge in [0.2, 0.25) is 0 Å². The maximum absolute atomic E-state index is 13.5. The van der Waals surface area contributed by atoms with Gasteiger partial charge in [-0.05, 0) is 31.2 Å². The molecule has 1 N–H and O–H groups in total. The molecule has 1 aromatic heterocycles. The molecule has 2 heterocycles. The Morgan fingerprint density at radius 3 is 2.90 bits per heavy atom. The van der Waals surface area contributed by atoms with Crippen LogP contribution in [0.4, 0.5) is 10.1 Å². The van der Waals surface area contributed by atoms with Crippen molar-refractivity contribution in [1.82, 2.24) is 9.88 Å². The molecule has 1 aliphatic heterocycles. The van der Waals surface area contributed by atoms with Crippen molar-refractivity contribution in [3.8, 4) is 0 Å². The first-order valence-electron chi connectivity index (χ1n) is 7.33. The summed E-state index contributed by atoms with van der Waals surface area (Å²) in [7, 11) is 0. The number of nitrogens with one attached hydrogen (secondary N) is 1. The Morgan fingerprint density at radius 1 is 1.29 bits per heavy atom. The highest BCUT2D eigenvalue weighted by molar-refractivity contribution is 5.91. The number of nitrogens with zero attached hydrogens (tertiary/aromatic N) is 2. The topological polar surface area (TPSA) is 37.4 Å². The van der Waals surface area contributed by atoms with E-state index in [0.29, 0.717) is 0 Å². The standard InChI is InChI=1S/C16H20FN3O/c1-12-10-16(14-11-13(17)2-3-15(14)19-12)18-4-5-20-6-8-21-9-7-20/h2-3,10-11H,4-9H2,1H3,(H,18,19). The van der Waals surface area contributed by atoms with Crippen LogP contribution in [0.3, 0.4) is 0 Å². The minimum atomic E-state index is -0.232. The Bertz CT molecular complexity index is 626. The SMILES string of the molecule is Cc1cc(NCCN2CCOCC2)c2cc(F)ccc2n1. The molecule has 4 nitrogen and oxygen atoms in total. The van der Waals surface area contributed by atoms with Gasteiger partial charge in [-0.15, -0.1) is 0 Å². The predicted octanol–water partition coefficient (Wildman–Crippen LogP) is 2.43. The number of aromatic nitrogens is 1. The van der Waals surface area contributed by atoms with E-state index >= 15 is 0 Å². The molecular formula is C16H20FN3O. The summed E-state index contributed by atoms with van der Waals surface area (Å²) in [5.41, 5.74) is 2.71. The molecule has 1 aromatic carbocycles. The summed E-state index contributed by atoms with van der Waals surface area (Å²) in [5.74, 6) is -0.232. The molecule has 0 amide bonds. The summed E-state index contributed by atoms with van der Waals surface area (Å²) in [5, 5.41) is 4.25. The van der Waals surface area contributed by atoms with Gasteiger partial charge in [-0.3, -0.25) is 9.88 Å². The van der Waals surface area contributed by atoms with E-state index in [1.54, 1.807) is 12.1 Å². The normalized spacial score (nSPS) is 16.3. The van der Waals surface area contributed by atoms with Crippen LogP contribution in [0.1, 0.15) is 5.69 Å². The lowest BCUT2D eigenvalue weighted by Gasteiger charge is -2.26. The zero-order valence-corrected chi connectivity index (χ0v) is 12.2. The van der Waals surface area contributed by atoms with Gasteiger partial charge in [0.05, 0.1) is 18.7 Å². The van der Waals surface area contributed by atoms with E-state index in [0.717, 1.165) is 61.7 Å². The summed E-state index contributed by atoms with van der Waals surface area (Å²) < 4.78 is 18.8. The molecule has 0 aliphatic carbocycles. The lowest BCUT2D eigenvalue weighted by Crippen LogP contribution is -2.39. The Hall–Kier alpha value is -1.72. The largest absolute Gasteiger partial charge is 0.383 e. The van der Waals surface area contributed by atoms with Crippen molar-refractivity contribution in [3.63, 3.8) is 0 Å². The molecule has 1 saturated heterocycles. The van der Waals surface area contributed by atoms with Gasteiger partial charge in [0.1, 0.15) is 5.82 Å². The van der Waals surface area contributed by atoms with E-state index < -0.39 is 0 Å². The molecular weight excluding hydrogens is 269 g/mol. The maximum Gasteiger partial charge on any atom is 0.124 e. The van der Waals surface area contributed by atoms with Crippen LogP contribution in [0, 0.1) is 12.7 Å². The van der Waals surface area contributed by atoms with Crippen LogP contribution < -0.4 is 5.32 Å². The van der Waals surface area contributed by atoms with E-state index in [-0.39, 0.29) is 5.82 Å². The summed E-state index contributed by atoms with van der Waals surface area (Å²) in [6.07, 6.45) is 0. The number of benzene rings is 1. The quantitative estimate of drug-likeness (QED) is 0.938. The average Bonchev–Trinajstić information content (AvgIpc) is 2.49. The molecule has 0 atom stereocenters. The third kappa shape index (κ3) is 3.49. The first-order valence-corrected chi connectivity index (χ1v) is 7.33. The number of hydrogen-bond donors (Lipinski definition) is 1. The van der Waals surface area contributed by atoms with E-state index in [2.05, 4.69) is 15.2 Å². The molecule has 0 spiro atoms. The van der Waals surface area contributed by atoms with Gasteiger partial charge in [-0.25, -0.2) is 4.39 Å². The Kier molecular flexibility index (Phi) is 4.31. The Balaban J connectivity index is 1.71. The number of rotatable bonds is 4. The van der Waals surface area contributed by atoms with Gasteiger partial charge >= 0.3 is 0 Å². The molecule has 2 aromatic rings. The predicted molar refractivity (Wildman–Crippen MR) is 82.2 cm³/mol. The van der Waals surface area contributed by atoms with Crippen molar-refractivity contribution in [1.29, 1.82) is 0 Å². The highest BCUT2D eigenvalue weighted by Crippen LogP contribution is 2.23. The lowest BCUT2D eigenvalue weighted by molar-refractivity contribution is 0.0398. The van der Waals surface area contributed by atoms with Crippen molar-refractivity contribution in [2.24, 2.45) is 0 Å². The molecule has 1 aliphatic rings. The van der Waals surface area contributed by atoms with Crippen molar-refractivity contribution in [3.05, 3.63) is 35.8 Å². The highest BCUT2D eigenvalue weighted by Gasteiger charge is 2.10. The van der Waals surface area contributed by atoms with Crippen LogP contribution in [-0.4, -0.2) is 49.3 Å². The number of halogens is 1. The van der Waals surface area contributed by atoms with E-state index in [1.165, 1.54) is 6.07 Å². The smallest absolute Gasteiger partial charge is 0.124 e. The second-order valence-electron chi connectivity index (χ2n) is 5.35. The van der Waals surface area contributed by atoms with Gasteiger partial charge in [0, 0.05) is 42.9 Å². The van der Waals surface area contributed by atoms with Gasteiger partial charge in [0.25, 0.3) is 0 Å². The van der Waals surface area contributed by atoms with Gasteiger partial charge < -0.3 is 10.1 Å². The molecule has 112 valence electrons. The van der Waals surface area contributed by atoms with Gasteiger partial charge in [-0.1, -0.05) is 0 Å². The Labute approximate surface area is 123 Å². The first-order chi connectivity index (χ1) is 10.2. The van der Waals surface area contributed by atoms with E-state index in [1.807, 2.05) is 13.0 Å². The number of pyridine rings is 1. The number of hydrogen-bond acceptors (Lipinski definition) is 4. The minimum Gasteiger partial charge on any atom is -0.383 e. The first kappa shape index (κ1) is 14.2. The second-order valence-corrected chi connectivity index (χ2v) is 5.35. The zero-order valence-electron chi connectivity index (χ0n) is 12.2. The van der Waals surface area contributed by atoms with Crippen LogP contribution in [-0.2, 0) is 4.74 Å². The molecule has 0 bridgehead atoms. The van der Waals surface area contributed by atoms with Gasteiger partial charge in [0.15, 0.2) is 0 Å². The van der Waals surface area contributed by atoms with Crippen molar-refractivity contribution in [2.75, 3.05) is 44.7 Å². The van der Waals surface area contributed by atoms with Crippen LogP contribution in [0.25, 0.3) is 10.9 Å². The lowest BCUT2D eigenvalue weighted by atomic mass is 10.1. The van der Waals surface area contributed by atoms with Crippen LogP contribution in [0.15, 0.2) is 24.3 Å². The average molecular weight is 289 g/mol. The third-order valence-corrected chi connectivity index (χ3v) is 3.75. The second kappa shape index (κ2) is 6.37. The summed E-state index contributed by atoms with van der Waals surface area (Å²) in [6, 6.07) is 6.69. The summed E-state index contributed by atoms with van der Waals surface area (Å²) >= 11 is 0. The fourth-order valence-corrected chi connectivity index (χ4v) is 2.65. The molecule has 0 saturated carbocycles. The maximum atomic E-state index is 13.5. The van der Waals surface area contributed by atoms with Gasteiger partial charge in [-0.2, -0.15) is 0 Å². The Morgan fingerprint density at radius 2 is 2.10 bits per heavy atom. The number of ether oxygens (including phenoxy) is 1. The zero-order chi connectivity index (χ0) is 14.7. The number of morpholine rings is 1. The molecule has 1 fully saturated rings. The van der Waals surface area contributed by atoms with Crippen LogP contribution >= 0.6 is 0 Å². The highest BCUT2D eigenvalue weighted by atomic mass is 19.1. The monoisotopic (exact) mass is 289 g/mol. The number of anilines is 1. The summed E-state index contributed by atoms with van der Waals surface area (Å²) in [4.78, 5) is 6.81. The fourth-order valence-electron chi connectivity index (χ4n) is 2.65. The van der Waals surface area contributed by atoms with Crippen molar-refractivity contribution >= 4 is 16.6 Å². The summed E-state index contributed by atoms with van der Waals surface area (Å²) in [6.45, 7) is 7.32. The van der Waals surface area contributed by atoms with Crippen LogP contribution in [0.2, 0.25) is 0 Å². The molecule has 0 unspecified atom stereocenters. The molecule has 5 heteroatoms.